The summed E-state index contributed by atoms with van der Waals surface area (Å²) in [6.45, 7) is 29.3. The van der Waals surface area contributed by atoms with Crippen LogP contribution in [0.25, 0.3) is 11.0 Å². The first kappa shape index (κ1) is 42.8. The molecule has 0 unspecified atom stereocenters. The van der Waals surface area contributed by atoms with Crippen molar-refractivity contribution in [1.82, 2.24) is 19.4 Å². The number of carbonyl (C=O) groups excluding carboxylic acids is 1. The summed E-state index contributed by atoms with van der Waals surface area (Å²) in [5.74, 6) is 1.27. The van der Waals surface area contributed by atoms with E-state index in [1.807, 2.05) is 33.8 Å². The largest absolute Gasteiger partial charge is 0.342 e. The molecule has 1 aromatic carbocycles. The lowest BCUT2D eigenvalue weighted by molar-refractivity contribution is -0.126. The van der Waals surface area contributed by atoms with Gasteiger partial charge in [0.1, 0.15) is 11.7 Å². The summed E-state index contributed by atoms with van der Waals surface area (Å²) >= 11 is 0. The highest BCUT2D eigenvalue weighted by Crippen LogP contribution is 2.22. The van der Waals surface area contributed by atoms with Crippen LogP contribution in [0.5, 0.6) is 0 Å². The number of hydrogen-bond donors (Lipinski definition) is 0. The maximum Gasteiger partial charge on any atom is 0.249 e. The lowest BCUT2D eigenvalue weighted by Gasteiger charge is -2.26. The van der Waals surface area contributed by atoms with Crippen molar-refractivity contribution in [2.24, 2.45) is 5.92 Å². The molecule has 2 aliphatic rings. The zero-order chi connectivity index (χ0) is 35.1. The summed E-state index contributed by atoms with van der Waals surface area (Å²) in [7, 11) is 1.78. The van der Waals surface area contributed by atoms with E-state index in [2.05, 4.69) is 79.9 Å². The minimum absolute atomic E-state index is 0.0163. The van der Waals surface area contributed by atoms with E-state index < -0.39 is 0 Å². The standard InChI is InChI=1S/C14H20FNO.C11H21N.C10H12N2.C3H6.C2H6/c1-10(2)9-16(4)14(17)12-6-5-7-13(15)11(3)8-12;1-3-11(2)7-10-12-8-5-4-6-9-12;1-3-12-8(2)11-9-6-4-5-7-10(9)12;1-3-2;1-2/h5-7,10H,8-9H2,1-4H3;3H,4-10H2,1-2H3;4-7H,3H2,1-2H3;3H,1H2,2H3;1-2H3/b;11-3-;;;. The lowest BCUT2D eigenvalue weighted by Crippen LogP contribution is -2.31. The first-order valence-electron chi connectivity index (χ1n) is 17.3. The Kier molecular flexibility index (Phi) is 23.2. The Hall–Kier alpha value is -3.25. The number of para-hydroxylation sites is 2. The van der Waals surface area contributed by atoms with Crippen LogP contribution in [0.1, 0.15) is 100 Å². The van der Waals surface area contributed by atoms with Gasteiger partial charge >= 0.3 is 0 Å². The Bertz CT molecular complexity index is 1280. The number of allylic oxidation sites excluding steroid dienone is 7. The fraction of sp³-hybridized carbons (Fsp3) is 0.550. The summed E-state index contributed by atoms with van der Waals surface area (Å²) in [6, 6.07) is 8.23. The van der Waals surface area contributed by atoms with Gasteiger partial charge in [0, 0.05) is 38.7 Å². The number of amides is 1. The molecule has 1 aromatic heterocycles. The first-order valence-corrected chi connectivity index (χ1v) is 17.3. The Morgan fingerprint density at radius 3 is 2.28 bits per heavy atom. The van der Waals surface area contributed by atoms with Crippen molar-refractivity contribution in [1.29, 1.82) is 0 Å². The molecule has 6 heteroatoms. The normalized spacial score (nSPS) is 14.7. The molecule has 1 aliphatic carbocycles. The average molecular weight is 637 g/mol. The van der Waals surface area contributed by atoms with Crippen molar-refractivity contribution >= 4 is 16.9 Å². The second kappa shape index (κ2) is 24.9. The van der Waals surface area contributed by atoms with Gasteiger partial charge in [0.15, 0.2) is 0 Å². The summed E-state index contributed by atoms with van der Waals surface area (Å²) in [5.41, 5.74) is 5.11. The van der Waals surface area contributed by atoms with Crippen molar-refractivity contribution in [2.75, 3.05) is 33.2 Å². The first-order chi connectivity index (χ1) is 22.0. The molecule has 258 valence electrons. The van der Waals surface area contributed by atoms with Gasteiger partial charge in [-0.15, -0.1) is 6.58 Å². The molecular weight excluding hydrogens is 571 g/mol. The third-order valence-corrected chi connectivity index (χ3v) is 7.59. The van der Waals surface area contributed by atoms with E-state index in [4.69, 9.17) is 0 Å². The maximum atomic E-state index is 13.3. The zero-order valence-corrected chi connectivity index (χ0v) is 31.1. The molecule has 5 nitrogen and oxygen atoms in total. The van der Waals surface area contributed by atoms with Gasteiger partial charge in [0.05, 0.1) is 11.0 Å². The number of imidazole rings is 1. The molecule has 0 saturated carbocycles. The van der Waals surface area contributed by atoms with Gasteiger partial charge in [-0.05, 0) is 104 Å². The van der Waals surface area contributed by atoms with Gasteiger partial charge in [-0.2, -0.15) is 0 Å². The molecule has 2 heterocycles. The lowest BCUT2D eigenvalue weighted by atomic mass is 10.1. The molecule has 0 atom stereocenters. The van der Waals surface area contributed by atoms with Gasteiger partial charge in [-0.25, -0.2) is 9.37 Å². The number of carbonyl (C=O) groups is 1. The van der Waals surface area contributed by atoms with Gasteiger partial charge in [-0.1, -0.05) is 76.1 Å². The zero-order valence-electron chi connectivity index (χ0n) is 31.1. The van der Waals surface area contributed by atoms with Gasteiger partial charge in [0.2, 0.25) is 5.91 Å². The average Bonchev–Trinajstić information content (AvgIpc) is 3.29. The molecule has 0 spiro atoms. The Morgan fingerprint density at radius 2 is 1.72 bits per heavy atom. The maximum absolute atomic E-state index is 13.3. The van der Waals surface area contributed by atoms with Crippen molar-refractivity contribution < 1.29 is 9.18 Å². The second-order valence-corrected chi connectivity index (χ2v) is 12.0. The number of benzene rings is 1. The second-order valence-electron chi connectivity index (χ2n) is 12.0. The van der Waals surface area contributed by atoms with E-state index in [0.717, 1.165) is 17.9 Å². The summed E-state index contributed by atoms with van der Waals surface area (Å²) < 4.78 is 15.5. The van der Waals surface area contributed by atoms with Crippen LogP contribution >= 0.6 is 0 Å². The number of halogens is 1. The molecule has 4 rings (SSSR count). The topological polar surface area (TPSA) is 41.4 Å². The van der Waals surface area contributed by atoms with E-state index in [1.54, 1.807) is 37.1 Å². The van der Waals surface area contributed by atoms with E-state index in [0.29, 0.717) is 30.0 Å². The SMILES string of the molecule is C/C=C(/C)CCN1CCCCC1.C=CC.CC.CC1=C(F)C=CC=C(C(=O)N(C)CC(C)C)C1.CCn1c(C)nc2ccccc21. The fourth-order valence-electron chi connectivity index (χ4n) is 5.10. The van der Waals surface area contributed by atoms with E-state index in [-0.39, 0.29) is 11.7 Å². The number of likely N-dealkylation sites (N-methyl/N-ethyl adjacent to an activating group) is 1. The predicted molar refractivity (Wildman–Crippen MR) is 200 cm³/mol. The molecule has 2 aromatic rings. The van der Waals surface area contributed by atoms with Crippen LogP contribution in [0, 0.1) is 12.8 Å². The molecule has 0 N–H and O–H groups in total. The summed E-state index contributed by atoms with van der Waals surface area (Å²) in [5, 5.41) is 0. The van der Waals surface area contributed by atoms with Crippen molar-refractivity contribution in [3.8, 4) is 0 Å². The molecule has 0 radical (unpaired) electrons. The van der Waals surface area contributed by atoms with Crippen LogP contribution in [-0.4, -0.2) is 58.5 Å². The van der Waals surface area contributed by atoms with Crippen molar-refractivity contribution in [3.05, 3.63) is 89.6 Å². The smallest absolute Gasteiger partial charge is 0.249 e. The molecule has 1 aliphatic heterocycles. The summed E-state index contributed by atoms with van der Waals surface area (Å²) in [6.07, 6.45) is 14.6. The van der Waals surface area contributed by atoms with Gasteiger partial charge in [0.25, 0.3) is 0 Å². The predicted octanol–water partition coefficient (Wildman–Crippen LogP) is 10.6. The minimum atomic E-state index is -0.240. The third-order valence-electron chi connectivity index (χ3n) is 7.59. The van der Waals surface area contributed by atoms with Crippen LogP contribution in [-0.2, 0) is 11.3 Å². The van der Waals surface area contributed by atoms with Crippen molar-refractivity contribution in [2.45, 2.75) is 108 Å². The molecule has 0 bridgehead atoms. The van der Waals surface area contributed by atoms with E-state index in [1.165, 1.54) is 62.5 Å². The summed E-state index contributed by atoms with van der Waals surface area (Å²) in [4.78, 5) is 20.9. The fourth-order valence-corrected chi connectivity index (χ4v) is 5.10. The molecule has 1 fully saturated rings. The number of likely N-dealkylation sites (tertiary alicyclic amines) is 1. The highest BCUT2D eigenvalue weighted by molar-refractivity contribution is 5.94. The van der Waals surface area contributed by atoms with Crippen LogP contribution in [0.15, 0.2) is 83.8 Å². The monoisotopic (exact) mass is 637 g/mol. The van der Waals surface area contributed by atoms with E-state index in [9.17, 15) is 9.18 Å². The van der Waals surface area contributed by atoms with Crippen LogP contribution in [0.3, 0.4) is 0 Å². The highest BCUT2D eigenvalue weighted by atomic mass is 19.1. The Labute approximate surface area is 281 Å². The third kappa shape index (κ3) is 16.4. The van der Waals surface area contributed by atoms with Crippen LogP contribution in [0.2, 0.25) is 0 Å². The molecule has 46 heavy (non-hydrogen) atoms. The van der Waals surface area contributed by atoms with Gasteiger partial charge in [-0.3, -0.25) is 4.79 Å². The highest BCUT2D eigenvalue weighted by Gasteiger charge is 2.17. The molecule has 1 amide bonds. The Morgan fingerprint density at radius 1 is 1.11 bits per heavy atom. The number of nitrogens with zero attached hydrogens (tertiary/aromatic N) is 4. The van der Waals surface area contributed by atoms with E-state index >= 15 is 0 Å². The number of aromatic nitrogens is 2. The van der Waals surface area contributed by atoms with Crippen LogP contribution in [0.4, 0.5) is 4.39 Å². The number of hydrogen-bond acceptors (Lipinski definition) is 3. The number of piperidine rings is 1. The Balaban J connectivity index is 0.000000626. The molecule has 1 saturated heterocycles. The quantitative estimate of drug-likeness (QED) is 0.284. The minimum Gasteiger partial charge on any atom is -0.342 e. The molecular formula is C40H65FN4O. The number of aryl methyl sites for hydroxylation is 2. The van der Waals surface area contributed by atoms with Crippen LogP contribution < -0.4 is 0 Å². The van der Waals surface area contributed by atoms with Crippen molar-refractivity contribution in [3.63, 3.8) is 0 Å². The number of rotatable bonds is 7. The van der Waals surface area contributed by atoms with Gasteiger partial charge < -0.3 is 14.4 Å². The number of fused-ring (bicyclic) bond motifs is 1.